The van der Waals surface area contributed by atoms with Gasteiger partial charge in [-0.1, -0.05) is 24.3 Å². The van der Waals surface area contributed by atoms with E-state index in [1.54, 1.807) is 13.3 Å². The van der Waals surface area contributed by atoms with Crippen molar-refractivity contribution in [1.82, 2.24) is 13.9 Å². The Morgan fingerprint density at radius 3 is 2.87 bits per heavy atom. The Bertz CT molecular complexity index is 846. The summed E-state index contributed by atoms with van der Waals surface area (Å²) in [5.74, 6) is -0.114. The van der Waals surface area contributed by atoms with Gasteiger partial charge in [-0.15, -0.1) is 0 Å². The van der Waals surface area contributed by atoms with Crippen molar-refractivity contribution in [2.75, 3.05) is 18.8 Å². The predicted molar refractivity (Wildman–Crippen MR) is 86.3 cm³/mol. The molecule has 2 aromatic rings. The Balaban J connectivity index is 1.75. The summed E-state index contributed by atoms with van der Waals surface area (Å²) in [7, 11) is -3.29. The van der Waals surface area contributed by atoms with Gasteiger partial charge in [0.15, 0.2) is 0 Å². The highest BCUT2D eigenvalue weighted by Crippen LogP contribution is 2.45. The second-order valence-electron chi connectivity index (χ2n) is 6.17. The molecule has 122 valence electrons. The van der Waals surface area contributed by atoms with Gasteiger partial charge in [0, 0.05) is 24.6 Å². The van der Waals surface area contributed by atoms with E-state index in [4.69, 9.17) is 0 Å². The van der Waals surface area contributed by atoms with E-state index in [1.807, 2.05) is 24.4 Å². The van der Waals surface area contributed by atoms with Crippen molar-refractivity contribution in [1.29, 1.82) is 0 Å². The van der Waals surface area contributed by atoms with E-state index >= 15 is 0 Å². The van der Waals surface area contributed by atoms with Crippen molar-refractivity contribution < 1.29 is 13.5 Å². The largest absolute Gasteiger partial charge is 0.391 e. The standard InChI is InChI=1S/C16H19N3O3S/c1-2-23(21,22)18-8-13(15(20)9-18)16-12-6-4-3-5-11(12)14-7-17-10-19(14)16/h3-7,10,13,15-16,20H,2,8-9H2,1H3/t13-,15-,16?/m0/s1. The number of hydrogen-bond acceptors (Lipinski definition) is 4. The van der Waals surface area contributed by atoms with Crippen molar-refractivity contribution in [3.05, 3.63) is 42.4 Å². The van der Waals surface area contributed by atoms with Gasteiger partial charge in [-0.25, -0.2) is 13.4 Å². The zero-order valence-corrected chi connectivity index (χ0v) is 13.6. The smallest absolute Gasteiger partial charge is 0.213 e. The minimum absolute atomic E-state index is 0.0595. The Hall–Kier alpha value is -1.70. The number of aliphatic hydroxyl groups is 1. The first-order chi connectivity index (χ1) is 11.0. The molecule has 3 heterocycles. The zero-order valence-electron chi connectivity index (χ0n) is 12.8. The van der Waals surface area contributed by atoms with Crippen LogP contribution in [0.3, 0.4) is 0 Å². The van der Waals surface area contributed by atoms with Gasteiger partial charge in [0.1, 0.15) is 0 Å². The summed E-state index contributed by atoms with van der Waals surface area (Å²) in [6.45, 7) is 2.14. The van der Waals surface area contributed by atoms with E-state index in [2.05, 4.69) is 15.6 Å². The van der Waals surface area contributed by atoms with Crippen LogP contribution in [0.4, 0.5) is 0 Å². The number of hydrogen-bond donors (Lipinski definition) is 1. The summed E-state index contributed by atoms with van der Waals surface area (Å²) in [5, 5.41) is 10.5. The molecule has 0 radical (unpaired) electrons. The number of β-amino-alcohol motifs (C(OH)–C–C–N with tert-alkyl or cyclic N) is 1. The molecule has 0 saturated carbocycles. The van der Waals surface area contributed by atoms with Crippen molar-refractivity contribution in [2.24, 2.45) is 5.92 Å². The number of imidazole rings is 1. The first-order valence-corrected chi connectivity index (χ1v) is 9.41. The van der Waals surface area contributed by atoms with E-state index in [-0.39, 0.29) is 24.3 Å². The third-order valence-corrected chi connectivity index (χ3v) is 6.80. The molecule has 2 aliphatic heterocycles. The Labute approximate surface area is 135 Å². The lowest BCUT2D eigenvalue weighted by molar-refractivity contribution is 0.126. The molecule has 1 unspecified atom stereocenters. The van der Waals surface area contributed by atoms with Gasteiger partial charge in [0.2, 0.25) is 10.0 Å². The second-order valence-corrected chi connectivity index (χ2v) is 8.42. The molecule has 6 nitrogen and oxygen atoms in total. The molecule has 0 spiro atoms. The van der Waals surface area contributed by atoms with Gasteiger partial charge in [-0.2, -0.15) is 4.31 Å². The van der Waals surface area contributed by atoms with Crippen LogP contribution in [0, 0.1) is 5.92 Å². The Morgan fingerprint density at radius 1 is 1.30 bits per heavy atom. The number of nitrogens with zero attached hydrogens (tertiary/aromatic N) is 3. The van der Waals surface area contributed by atoms with Crippen LogP contribution in [0.25, 0.3) is 11.3 Å². The summed E-state index contributed by atoms with van der Waals surface area (Å²) in [6.07, 6.45) is 2.91. The number of aliphatic hydroxyl groups excluding tert-OH is 1. The molecule has 0 bridgehead atoms. The fourth-order valence-electron chi connectivity index (χ4n) is 3.81. The van der Waals surface area contributed by atoms with Crippen LogP contribution >= 0.6 is 0 Å². The van der Waals surface area contributed by atoms with Gasteiger partial charge >= 0.3 is 0 Å². The molecule has 0 aliphatic carbocycles. The molecule has 1 aromatic carbocycles. The Morgan fingerprint density at radius 2 is 2.09 bits per heavy atom. The predicted octanol–water partition coefficient (Wildman–Crippen LogP) is 1.10. The lowest BCUT2D eigenvalue weighted by Crippen LogP contribution is -2.31. The maximum Gasteiger partial charge on any atom is 0.213 e. The van der Waals surface area contributed by atoms with Gasteiger partial charge in [-0.3, -0.25) is 0 Å². The SMILES string of the molecule is CCS(=O)(=O)N1C[C@H](C2c3ccccc3-c3cncn32)[C@@H](O)C1. The molecule has 7 heteroatoms. The molecular formula is C16H19N3O3S. The van der Waals surface area contributed by atoms with Gasteiger partial charge in [0.05, 0.1) is 36.1 Å². The van der Waals surface area contributed by atoms with Crippen LogP contribution in [-0.2, 0) is 10.0 Å². The highest BCUT2D eigenvalue weighted by Gasteiger charge is 2.45. The van der Waals surface area contributed by atoms with Crippen molar-refractivity contribution in [3.63, 3.8) is 0 Å². The van der Waals surface area contributed by atoms with E-state index in [0.717, 1.165) is 16.8 Å². The summed E-state index contributed by atoms with van der Waals surface area (Å²) in [4.78, 5) is 4.22. The molecule has 1 saturated heterocycles. The van der Waals surface area contributed by atoms with Crippen molar-refractivity contribution in [2.45, 2.75) is 19.1 Å². The van der Waals surface area contributed by atoms with Gasteiger partial charge in [0.25, 0.3) is 0 Å². The number of fused-ring (bicyclic) bond motifs is 3. The van der Waals surface area contributed by atoms with E-state index in [9.17, 15) is 13.5 Å². The zero-order chi connectivity index (χ0) is 16.2. The molecule has 2 aliphatic rings. The number of sulfonamides is 1. The van der Waals surface area contributed by atoms with E-state index < -0.39 is 16.1 Å². The van der Waals surface area contributed by atoms with E-state index in [1.165, 1.54) is 4.31 Å². The summed E-state index contributed by atoms with van der Waals surface area (Å²) in [5.41, 5.74) is 3.26. The summed E-state index contributed by atoms with van der Waals surface area (Å²) in [6, 6.07) is 7.99. The van der Waals surface area contributed by atoms with Crippen LogP contribution in [0.1, 0.15) is 18.5 Å². The number of benzene rings is 1. The van der Waals surface area contributed by atoms with Gasteiger partial charge in [-0.05, 0) is 12.5 Å². The minimum Gasteiger partial charge on any atom is -0.391 e. The Kier molecular flexibility index (Phi) is 3.33. The summed E-state index contributed by atoms with van der Waals surface area (Å²) < 4.78 is 27.8. The quantitative estimate of drug-likeness (QED) is 0.912. The maximum absolute atomic E-state index is 12.1. The normalized spacial score (nSPS) is 27.1. The average molecular weight is 333 g/mol. The first kappa shape index (κ1) is 14.9. The maximum atomic E-state index is 12.1. The lowest BCUT2D eigenvalue weighted by Gasteiger charge is -2.24. The van der Waals surface area contributed by atoms with Crippen LogP contribution in [0.2, 0.25) is 0 Å². The van der Waals surface area contributed by atoms with Crippen molar-refractivity contribution >= 4 is 10.0 Å². The molecule has 4 rings (SSSR count). The van der Waals surface area contributed by atoms with Crippen LogP contribution in [0.15, 0.2) is 36.8 Å². The molecule has 23 heavy (non-hydrogen) atoms. The molecular weight excluding hydrogens is 314 g/mol. The monoisotopic (exact) mass is 333 g/mol. The molecule has 1 aromatic heterocycles. The van der Waals surface area contributed by atoms with Crippen LogP contribution in [0.5, 0.6) is 0 Å². The van der Waals surface area contributed by atoms with E-state index in [0.29, 0.717) is 6.54 Å². The number of aromatic nitrogens is 2. The van der Waals surface area contributed by atoms with Crippen molar-refractivity contribution in [3.8, 4) is 11.3 Å². The fourth-order valence-corrected chi connectivity index (χ4v) is 4.95. The third kappa shape index (κ3) is 2.14. The third-order valence-electron chi connectivity index (χ3n) is 4.98. The van der Waals surface area contributed by atoms with Crippen LogP contribution in [-0.4, -0.2) is 52.3 Å². The van der Waals surface area contributed by atoms with Crippen LogP contribution < -0.4 is 0 Å². The fraction of sp³-hybridized carbons (Fsp3) is 0.438. The minimum atomic E-state index is -3.29. The topological polar surface area (TPSA) is 75.4 Å². The highest BCUT2D eigenvalue weighted by molar-refractivity contribution is 7.89. The van der Waals surface area contributed by atoms with Gasteiger partial charge < -0.3 is 9.67 Å². The molecule has 1 fully saturated rings. The summed E-state index contributed by atoms with van der Waals surface area (Å²) >= 11 is 0. The average Bonchev–Trinajstić information content (AvgIpc) is 3.22. The molecule has 0 amide bonds. The first-order valence-electron chi connectivity index (χ1n) is 7.80. The lowest BCUT2D eigenvalue weighted by atomic mass is 9.90. The molecule has 3 atom stereocenters. The number of rotatable bonds is 3. The molecule has 1 N–H and O–H groups in total. The highest BCUT2D eigenvalue weighted by atomic mass is 32.2. The second kappa shape index (κ2) is 5.15.